The van der Waals surface area contributed by atoms with Gasteiger partial charge in [0.15, 0.2) is 0 Å². The Balaban J connectivity index is 1.44. The van der Waals surface area contributed by atoms with E-state index in [4.69, 9.17) is 4.42 Å². The zero-order valence-corrected chi connectivity index (χ0v) is 44.9. The number of furan rings is 1. The van der Waals surface area contributed by atoms with Gasteiger partial charge in [0.25, 0.3) is 0 Å². The van der Waals surface area contributed by atoms with Crippen LogP contribution in [0.25, 0.3) is 98.4 Å². The van der Waals surface area contributed by atoms with E-state index >= 15 is 0 Å². The standard InChI is InChI=1S/C46H49B21O/c47-24-11(10-6-5-8-3-1-2-4-9(8)7-10)27(50)33(56)21-20(24)34(57)32(55)18(25(21)48)12-14-16(30(53)39(62)37(60)28(14)51)13(17-15(12)29(52)38(61)40(63)31(17)54)19-26(49)22-23-36(59)41(64)42(65)44(67)46(23)68-45(22)43(66)35(19)58/h1-7H,47-67H2. The van der Waals surface area contributed by atoms with E-state index in [1.807, 2.05) is 0 Å². The molecule has 302 valence electrons. The Kier molecular flexibility index (Phi) is 11.1. The smallest absolute Gasteiger partial charge is 0.143 e. The van der Waals surface area contributed by atoms with Gasteiger partial charge in [-0.05, 0) is 82.5 Å². The predicted molar refractivity (Wildman–Crippen MR) is 372 cm³/mol. The van der Waals surface area contributed by atoms with Crippen LogP contribution < -0.4 is 115 Å². The Bertz CT molecular complexity index is 3960. The summed E-state index contributed by atoms with van der Waals surface area (Å²) in [6.45, 7) is 0. The average Bonchev–Trinajstić information content (AvgIpc) is 3.73. The van der Waals surface area contributed by atoms with Crippen molar-refractivity contribution in [1.82, 2.24) is 0 Å². The number of benzene rings is 9. The maximum Gasteiger partial charge on any atom is 0.143 e. The molecule has 1 aromatic heterocycles. The third-order valence-corrected chi connectivity index (χ3v) is 18.6. The van der Waals surface area contributed by atoms with Crippen molar-refractivity contribution < 1.29 is 4.42 Å². The van der Waals surface area contributed by atoms with Crippen LogP contribution >= 0.6 is 0 Å². The molecule has 0 aliphatic rings. The molecule has 0 spiro atoms. The molecule has 9 aromatic carbocycles. The quantitative estimate of drug-likeness (QED) is 0.128. The topological polar surface area (TPSA) is 13.1 Å². The average molecular weight is 845 g/mol. The van der Waals surface area contributed by atoms with Gasteiger partial charge in [-0.25, -0.2) is 0 Å². The molecule has 10 aromatic rings. The van der Waals surface area contributed by atoms with Crippen molar-refractivity contribution in [3.63, 3.8) is 0 Å². The van der Waals surface area contributed by atoms with Crippen molar-refractivity contribution in [1.29, 1.82) is 0 Å². The van der Waals surface area contributed by atoms with Crippen molar-refractivity contribution in [2.45, 2.75) is 0 Å². The van der Waals surface area contributed by atoms with E-state index in [1.165, 1.54) is 202 Å². The van der Waals surface area contributed by atoms with Crippen LogP contribution in [0.5, 0.6) is 0 Å². The minimum absolute atomic E-state index is 1.03. The first kappa shape index (κ1) is 46.9. The maximum atomic E-state index is 7.04. The van der Waals surface area contributed by atoms with Crippen LogP contribution in [0.15, 0.2) is 46.9 Å². The van der Waals surface area contributed by atoms with Crippen LogP contribution in [0.1, 0.15) is 0 Å². The molecular formula is C46H49B21O. The zero-order chi connectivity index (χ0) is 49.2. The van der Waals surface area contributed by atoms with Crippen molar-refractivity contribution in [3.8, 4) is 33.4 Å². The lowest BCUT2D eigenvalue weighted by molar-refractivity contribution is 0.675. The molecule has 10 rings (SSSR count). The third kappa shape index (κ3) is 6.06. The lowest BCUT2D eigenvalue weighted by Gasteiger charge is -2.32. The highest BCUT2D eigenvalue weighted by Crippen LogP contribution is 2.40. The van der Waals surface area contributed by atoms with Crippen LogP contribution in [0.3, 0.4) is 0 Å². The molecule has 0 aliphatic carbocycles. The van der Waals surface area contributed by atoms with Crippen LogP contribution in [-0.2, 0) is 0 Å². The summed E-state index contributed by atoms with van der Waals surface area (Å²) in [7, 11) is 49.6. The van der Waals surface area contributed by atoms with Crippen LogP contribution in [0.4, 0.5) is 0 Å². The summed E-state index contributed by atoms with van der Waals surface area (Å²) < 4.78 is 7.04. The Morgan fingerprint density at radius 1 is 0.221 bits per heavy atom. The largest absolute Gasteiger partial charge is 0.457 e. The minimum atomic E-state index is 1.03. The highest BCUT2D eigenvalue weighted by atomic mass is 16.3. The van der Waals surface area contributed by atoms with Gasteiger partial charge in [0, 0.05) is 10.8 Å². The van der Waals surface area contributed by atoms with Crippen molar-refractivity contribution in [2.75, 3.05) is 0 Å². The highest BCUT2D eigenvalue weighted by Gasteiger charge is 2.31. The van der Waals surface area contributed by atoms with E-state index in [0.717, 1.165) is 11.2 Å². The number of hydrogen-bond acceptors (Lipinski definition) is 1. The molecule has 0 radical (unpaired) electrons. The van der Waals surface area contributed by atoms with E-state index in [-0.39, 0.29) is 0 Å². The third-order valence-electron chi connectivity index (χ3n) is 18.6. The molecule has 0 N–H and O–H groups in total. The van der Waals surface area contributed by atoms with Crippen molar-refractivity contribution in [3.05, 3.63) is 42.5 Å². The summed E-state index contributed by atoms with van der Waals surface area (Å²) in [5.74, 6) is 0. The SMILES string of the molecule is Bc1c(B)c(B)c2c(oc3c(B)c(B)c(-c4c5c(B)c(B)c(B)c(B)c5c(-c5c(B)c(B)c6c(B)c(-c7ccc8ccccc8c7)c(B)c(B)c6c5B)c5c(B)c(B)c(B)c(B)c45)c(B)c32)c1B. The van der Waals surface area contributed by atoms with Gasteiger partial charge in [-0.1, -0.05) is 124 Å². The first-order valence-electron chi connectivity index (χ1n) is 25.0. The lowest BCUT2D eigenvalue weighted by Crippen LogP contribution is -2.51. The molecule has 0 saturated heterocycles. The normalized spacial score (nSPS) is 11.9. The highest BCUT2D eigenvalue weighted by molar-refractivity contribution is 6.75. The number of rotatable bonds is 3. The van der Waals surface area contributed by atoms with Gasteiger partial charge in [0.05, 0.1) is 0 Å². The molecule has 22 heteroatoms. The fraction of sp³-hybridized carbons (Fsp3) is 0. The number of fused-ring (bicyclic) bond motifs is 7. The van der Waals surface area contributed by atoms with E-state index in [9.17, 15) is 0 Å². The fourth-order valence-electron chi connectivity index (χ4n) is 13.4. The molecule has 0 fully saturated rings. The van der Waals surface area contributed by atoms with Gasteiger partial charge < -0.3 is 4.42 Å². The Labute approximate surface area is 422 Å². The van der Waals surface area contributed by atoms with Gasteiger partial charge in [0.1, 0.15) is 176 Å². The lowest BCUT2D eigenvalue weighted by atomic mass is 9.56. The van der Waals surface area contributed by atoms with Crippen LogP contribution in [0, 0.1) is 0 Å². The second-order valence-electron chi connectivity index (χ2n) is 21.3. The summed E-state index contributed by atoms with van der Waals surface area (Å²) in [4.78, 5) is 0. The Hall–Kier alpha value is -4.82. The Morgan fingerprint density at radius 3 is 0.985 bits per heavy atom. The molecule has 0 bridgehead atoms. The summed E-state index contributed by atoms with van der Waals surface area (Å²) in [5, 5.41) is 13.5. The summed E-state index contributed by atoms with van der Waals surface area (Å²) >= 11 is 0. The summed E-state index contributed by atoms with van der Waals surface area (Å²) in [5.41, 5.74) is 38.6. The molecule has 1 heterocycles. The fourth-order valence-corrected chi connectivity index (χ4v) is 13.4. The van der Waals surface area contributed by atoms with E-state index in [2.05, 4.69) is 207 Å². The maximum absolute atomic E-state index is 7.04. The first-order chi connectivity index (χ1) is 32.1. The Morgan fingerprint density at radius 2 is 0.529 bits per heavy atom. The van der Waals surface area contributed by atoms with E-state index in [1.54, 1.807) is 0 Å². The zero-order valence-electron chi connectivity index (χ0n) is 44.9. The minimum Gasteiger partial charge on any atom is -0.457 e. The second kappa shape index (κ2) is 16.1. The summed E-state index contributed by atoms with van der Waals surface area (Å²) in [6, 6.07) is 15.8. The second-order valence-corrected chi connectivity index (χ2v) is 21.3. The van der Waals surface area contributed by atoms with E-state index < -0.39 is 0 Å². The first-order valence-corrected chi connectivity index (χ1v) is 25.0. The molecule has 1 nitrogen and oxygen atoms in total. The van der Waals surface area contributed by atoms with Gasteiger partial charge in [-0.15, -0.1) is 27.3 Å². The molecule has 0 amide bonds. The van der Waals surface area contributed by atoms with Gasteiger partial charge in [0.2, 0.25) is 0 Å². The van der Waals surface area contributed by atoms with Gasteiger partial charge in [-0.2, -0.15) is 0 Å². The predicted octanol–water partition coefficient (Wildman–Crippen LogP) is -23.4. The van der Waals surface area contributed by atoms with Crippen LogP contribution in [0.2, 0.25) is 0 Å². The summed E-state index contributed by atoms with van der Waals surface area (Å²) in [6.07, 6.45) is 0. The molecular weight excluding hydrogens is 796 g/mol. The molecule has 0 unspecified atom stereocenters. The van der Waals surface area contributed by atoms with Crippen molar-refractivity contribution in [2.24, 2.45) is 0 Å². The molecule has 0 aliphatic heterocycles. The van der Waals surface area contributed by atoms with Crippen LogP contribution in [-0.4, -0.2) is 165 Å². The molecule has 0 atom stereocenters. The van der Waals surface area contributed by atoms with Gasteiger partial charge in [-0.3, -0.25) is 0 Å². The van der Waals surface area contributed by atoms with Crippen molar-refractivity contribution >= 4 is 345 Å². The number of hydrogen-bond donors (Lipinski definition) is 0. The molecule has 68 heavy (non-hydrogen) atoms. The van der Waals surface area contributed by atoms with E-state index in [0.29, 0.717) is 0 Å². The monoisotopic (exact) mass is 849 g/mol. The molecule has 0 saturated carbocycles. The van der Waals surface area contributed by atoms with Gasteiger partial charge >= 0.3 is 0 Å².